The second-order valence-corrected chi connectivity index (χ2v) is 11.4. The lowest BCUT2D eigenvalue weighted by molar-refractivity contribution is -0.129. The van der Waals surface area contributed by atoms with Gasteiger partial charge in [-0.15, -0.1) is 11.3 Å². The highest BCUT2D eigenvalue weighted by molar-refractivity contribution is 7.99. The van der Waals surface area contributed by atoms with E-state index in [1.54, 1.807) is 18.8 Å². The summed E-state index contributed by atoms with van der Waals surface area (Å²) < 4.78 is 14.2. The van der Waals surface area contributed by atoms with Crippen molar-refractivity contribution in [2.75, 3.05) is 33.1 Å². The number of rotatable bonds is 8. The number of carbonyl (C=O) groups is 1. The molecule has 7 nitrogen and oxygen atoms in total. The highest BCUT2D eigenvalue weighted by Gasteiger charge is 2.22. The zero-order chi connectivity index (χ0) is 25.9. The van der Waals surface area contributed by atoms with E-state index in [0.29, 0.717) is 40.2 Å². The van der Waals surface area contributed by atoms with Gasteiger partial charge in [-0.3, -0.25) is 14.2 Å². The lowest BCUT2D eigenvalue weighted by Crippen LogP contribution is -2.39. The van der Waals surface area contributed by atoms with Crippen molar-refractivity contribution < 1.29 is 14.3 Å². The van der Waals surface area contributed by atoms with E-state index in [2.05, 4.69) is 6.92 Å². The Morgan fingerprint density at radius 3 is 2.62 bits per heavy atom. The van der Waals surface area contributed by atoms with Crippen LogP contribution in [0.1, 0.15) is 25.3 Å². The van der Waals surface area contributed by atoms with Crippen LogP contribution < -0.4 is 15.0 Å². The number of thiophene rings is 1. The molecule has 5 rings (SSSR count). The van der Waals surface area contributed by atoms with Gasteiger partial charge < -0.3 is 14.4 Å². The summed E-state index contributed by atoms with van der Waals surface area (Å²) in [4.78, 5) is 33.6. The number of nitrogens with zero attached hydrogens (tertiary/aromatic N) is 3. The highest BCUT2D eigenvalue weighted by atomic mass is 32.2. The van der Waals surface area contributed by atoms with Crippen molar-refractivity contribution in [3.63, 3.8) is 0 Å². The summed E-state index contributed by atoms with van der Waals surface area (Å²) in [5, 5.41) is 1.56. The van der Waals surface area contributed by atoms with Crippen LogP contribution in [0.5, 0.6) is 11.5 Å². The van der Waals surface area contributed by atoms with E-state index in [4.69, 9.17) is 14.5 Å². The number of hydrogen-bond acceptors (Lipinski definition) is 7. The van der Waals surface area contributed by atoms with E-state index >= 15 is 0 Å². The molecule has 0 aliphatic carbocycles. The average Bonchev–Trinajstić information content (AvgIpc) is 3.30. The summed E-state index contributed by atoms with van der Waals surface area (Å²) in [6.07, 6.45) is 2.69. The number of methoxy groups -OCH3 is 2. The first-order valence-corrected chi connectivity index (χ1v) is 14.3. The van der Waals surface area contributed by atoms with E-state index in [-0.39, 0.29) is 17.2 Å². The monoisotopic (exact) mass is 537 g/mol. The summed E-state index contributed by atoms with van der Waals surface area (Å²) in [5.41, 5.74) is 1.68. The summed E-state index contributed by atoms with van der Waals surface area (Å²) in [7, 11) is 3.22. The lowest BCUT2D eigenvalue weighted by atomic mass is 9.99. The van der Waals surface area contributed by atoms with Gasteiger partial charge in [0.1, 0.15) is 4.70 Å². The molecule has 0 saturated carbocycles. The van der Waals surface area contributed by atoms with E-state index < -0.39 is 0 Å². The van der Waals surface area contributed by atoms with Gasteiger partial charge in [0.15, 0.2) is 16.7 Å². The van der Waals surface area contributed by atoms with E-state index in [1.807, 2.05) is 47.4 Å². The molecule has 0 N–H and O–H groups in total. The second kappa shape index (κ2) is 11.1. The van der Waals surface area contributed by atoms with Crippen LogP contribution in [0.3, 0.4) is 0 Å². The third-order valence-electron chi connectivity index (χ3n) is 6.98. The summed E-state index contributed by atoms with van der Waals surface area (Å²) in [5.74, 6) is 2.35. The molecule has 1 amide bonds. The smallest absolute Gasteiger partial charge is 0.272 e. The molecule has 0 atom stereocenters. The number of thioether (sulfide) groups is 1. The molecular formula is C28H31N3O4S2. The van der Waals surface area contributed by atoms with Crippen molar-refractivity contribution in [1.82, 2.24) is 14.5 Å². The van der Waals surface area contributed by atoms with Crippen LogP contribution >= 0.6 is 23.1 Å². The fraction of sp³-hybridized carbons (Fsp3) is 0.393. The Morgan fingerprint density at radius 1 is 1.11 bits per heavy atom. The number of hydrogen-bond donors (Lipinski definition) is 0. The largest absolute Gasteiger partial charge is 0.493 e. The molecule has 0 radical (unpaired) electrons. The molecule has 2 aromatic carbocycles. The maximum Gasteiger partial charge on any atom is 0.272 e. The lowest BCUT2D eigenvalue weighted by Gasteiger charge is -2.30. The molecule has 0 bridgehead atoms. The maximum absolute atomic E-state index is 13.7. The molecule has 1 saturated heterocycles. The standard InChI is InChI=1S/C28H31N3O4S2/c1-18-10-13-30(14-11-18)24(32)17-36-28-29-25-20-6-4-5-7-23(20)37-26(25)27(33)31(28)15-12-19-8-9-21(34-2)22(16-19)35-3/h4-9,16,18H,10-15,17H2,1-3H3. The molecule has 0 spiro atoms. The first-order chi connectivity index (χ1) is 18.0. The first-order valence-electron chi connectivity index (χ1n) is 12.5. The third kappa shape index (κ3) is 5.33. The molecule has 194 valence electrons. The van der Waals surface area contributed by atoms with Crippen LogP contribution in [0.2, 0.25) is 0 Å². The topological polar surface area (TPSA) is 73.7 Å². The molecule has 1 aliphatic heterocycles. The second-order valence-electron chi connectivity index (χ2n) is 9.42. The van der Waals surface area contributed by atoms with E-state index in [1.165, 1.54) is 23.1 Å². The fourth-order valence-corrected chi connectivity index (χ4v) is 6.73. The zero-order valence-electron chi connectivity index (χ0n) is 21.4. The number of carbonyl (C=O) groups excluding carboxylic acids is 1. The van der Waals surface area contributed by atoms with Gasteiger partial charge in [0.25, 0.3) is 5.56 Å². The number of aromatic nitrogens is 2. The van der Waals surface area contributed by atoms with Gasteiger partial charge in [-0.1, -0.05) is 43.0 Å². The van der Waals surface area contributed by atoms with Crippen molar-refractivity contribution in [1.29, 1.82) is 0 Å². The molecular weight excluding hydrogens is 506 g/mol. The number of amides is 1. The van der Waals surface area contributed by atoms with Crippen LogP contribution in [0.25, 0.3) is 20.3 Å². The van der Waals surface area contributed by atoms with Crippen LogP contribution in [0.15, 0.2) is 52.4 Å². The summed E-state index contributed by atoms with van der Waals surface area (Å²) in [6.45, 7) is 4.28. The highest BCUT2D eigenvalue weighted by Crippen LogP contribution is 2.32. The molecule has 1 fully saturated rings. The normalized spacial score (nSPS) is 14.4. The van der Waals surface area contributed by atoms with Gasteiger partial charge in [-0.05, 0) is 48.9 Å². The predicted octanol–water partition coefficient (Wildman–Crippen LogP) is 5.22. The minimum Gasteiger partial charge on any atom is -0.493 e. The van der Waals surface area contributed by atoms with Crippen LogP contribution in [-0.4, -0.2) is 53.4 Å². The Hall–Kier alpha value is -3.04. The molecule has 37 heavy (non-hydrogen) atoms. The van der Waals surface area contributed by atoms with Crippen LogP contribution in [0, 0.1) is 5.92 Å². The van der Waals surface area contributed by atoms with Gasteiger partial charge in [0.2, 0.25) is 5.91 Å². The Labute approximate surface area is 224 Å². The Morgan fingerprint density at radius 2 is 1.86 bits per heavy atom. The quantitative estimate of drug-likeness (QED) is 0.227. The third-order valence-corrected chi connectivity index (χ3v) is 9.09. The summed E-state index contributed by atoms with van der Waals surface area (Å²) >= 11 is 2.83. The first kappa shape index (κ1) is 25.6. The minimum atomic E-state index is -0.0616. The number of piperidine rings is 1. The molecule has 3 heterocycles. The maximum atomic E-state index is 13.7. The van der Waals surface area contributed by atoms with Crippen molar-refractivity contribution >= 4 is 49.3 Å². The van der Waals surface area contributed by atoms with Gasteiger partial charge in [-0.25, -0.2) is 4.98 Å². The van der Waals surface area contributed by atoms with Gasteiger partial charge in [0, 0.05) is 29.7 Å². The van der Waals surface area contributed by atoms with Crippen molar-refractivity contribution in [3.8, 4) is 11.5 Å². The SMILES string of the molecule is COc1ccc(CCn2c(SCC(=O)N3CCC(C)CC3)nc3c(sc4ccccc43)c2=O)cc1OC. The van der Waals surface area contributed by atoms with Crippen molar-refractivity contribution in [3.05, 3.63) is 58.4 Å². The average molecular weight is 538 g/mol. The zero-order valence-corrected chi connectivity index (χ0v) is 23.0. The van der Waals surface area contributed by atoms with Gasteiger partial charge in [0.05, 0.1) is 25.5 Å². The number of ether oxygens (including phenoxy) is 2. The van der Waals surface area contributed by atoms with E-state index in [0.717, 1.165) is 47.1 Å². The molecule has 1 aliphatic rings. The van der Waals surface area contributed by atoms with Gasteiger partial charge >= 0.3 is 0 Å². The summed E-state index contributed by atoms with van der Waals surface area (Å²) in [6, 6.07) is 13.7. The predicted molar refractivity (Wildman–Crippen MR) is 150 cm³/mol. The van der Waals surface area contributed by atoms with Crippen LogP contribution in [-0.2, 0) is 17.8 Å². The van der Waals surface area contributed by atoms with Gasteiger partial charge in [-0.2, -0.15) is 0 Å². The Kier molecular flexibility index (Phi) is 7.71. The molecule has 2 aromatic heterocycles. The molecule has 0 unspecified atom stereocenters. The van der Waals surface area contributed by atoms with Crippen molar-refractivity contribution in [2.24, 2.45) is 5.92 Å². The number of aryl methyl sites for hydroxylation is 1. The van der Waals surface area contributed by atoms with Crippen molar-refractivity contribution in [2.45, 2.75) is 37.9 Å². The number of fused-ring (bicyclic) bond motifs is 3. The molecule has 9 heteroatoms. The van der Waals surface area contributed by atoms with Crippen LogP contribution in [0.4, 0.5) is 0 Å². The number of benzene rings is 2. The number of likely N-dealkylation sites (tertiary alicyclic amines) is 1. The minimum absolute atomic E-state index is 0.0616. The molecule has 4 aromatic rings. The fourth-order valence-electron chi connectivity index (χ4n) is 4.71. The Balaban J connectivity index is 1.46. The van der Waals surface area contributed by atoms with E-state index in [9.17, 15) is 9.59 Å². The Bertz CT molecular complexity index is 1490.